The number of halogens is 1. The van der Waals surface area contributed by atoms with E-state index in [-0.39, 0.29) is 16.9 Å². The topological polar surface area (TPSA) is 87.3 Å². The second kappa shape index (κ2) is 8.55. The van der Waals surface area contributed by atoms with Crippen LogP contribution in [0.1, 0.15) is 42.7 Å². The van der Waals surface area contributed by atoms with Crippen molar-refractivity contribution in [2.24, 2.45) is 12.5 Å². The Morgan fingerprint density at radius 1 is 1.29 bits per heavy atom. The molecular formula is C29H31ClN6O2. The van der Waals surface area contributed by atoms with E-state index in [2.05, 4.69) is 36.5 Å². The number of rotatable bonds is 3. The molecule has 0 aliphatic carbocycles. The van der Waals surface area contributed by atoms with E-state index in [1.165, 1.54) is 6.08 Å². The van der Waals surface area contributed by atoms with E-state index in [1.807, 2.05) is 35.8 Å². The molecule has 196 valence electrons. The van der Waals surface area contributed by atoms with Crippen LogP contribution in [-0.2, 0) is 29.6 Å². The van der Waals surface area contributed by atoms with Crippen molar-refractivity contribution in [1.82, 2.24) is 19.7 Å². The van der Waals surface area contributed by atoms with Gasteiger partial charge in [0, 0.05) is 72.2 Å². The Balaban J connectivity index is 1.54. The molecule has 8 nitrogen and oxygen atoms in total. The van der Waals surface area contributed by atoms with Crippen molar-refractivity contribution in [3.63, 3.8) is 0 Å². The molecule has 38 heavy (non-hydrogen) atoms. The number of anilines is 1. The van der Waals surface area contributed by atoms with Crippen LogP contribution in [0.3, 0.4) is 0 Å². The predicted molar refractivity (Wildman–Crippen MR) is 147 cm³/mol. The summed E-state index contributed by atoms with van der Waals surface area (Å²) < 4.78 is 8.10. The van der Waals surface area contributed by atoms with Gasteiger partial charge in [0.1, 0.15) is 17.5 Å². The second-order valence-electron chi connectivity index (χ2n) is 11.6. The zero-order valence-electron chi connectivity index (χ0n) is 22.3. The minimum absolute atomic E-state index is 0.0206. The van der Waals surface area contributed by atoms with E-state index in [0.29, 0.717) is 42.5 Å². The summed E-state index contributed by atoms with van der Waals surface area (Å²) in [7, 11) is 1.91. The molecule has 1 aromatic carbocycles. The summed E-state index contributed by atoms with van der Waals surface area (Å²) in [5.74, 6) is 0.679. The van der Waals surface area contributed by atoms with E-state index in [4.69, 9.17) is 21.3 Å². The van der Waals surface area contributed by atoms with Crippen LogP contribution in [0.5, 0.6) is 0 Å². The number of carbonyl (C=O) groups excluding carboxylic acids is 1. The van der Waals surface area contributed by atoms with E-state index in [1.54, 1.807) is 0 Å². The highest BCUT2D eigenvalue weighted by atomic mass is 35.5. The van der Waals surface area contributed by atoms with Crippen LogP contribution >= 0.6 is 11.6 Å². The van der Waals surface area contributed by atoms with E-state index in [9.17, 15) is 10.1 Å². The first-order chi connectivity index (χ1) is 18.1. The van der Waals surface area contributed by atoms with Gasteiger partial charge in [-0.25, -0.2) is 4.98 Å². The van der Waals surface area contributed by atoms with Gasteiger partial charge in [0.15, 0.2) is 0 Å². The van der Waals surface area contributed by atoms with Gasteiger partial charge >= 0.3 is 0 Å². The fraction of sp³-hybridized carbons (Fsp3) is 0.448. The first-order valence-electron chi connectivity index (χ1n) is 12.9. The van der Waals surface area contributed by atoms with Gasteiger partial charge in [0.2, 0.25) is 5.91 Å². The Labute approximate surface area is 227 Å². The normalized spacial score (nSPS) is 19.4. The molecule has 1 spiro atoms. The Hall–Kier alpha value is -3.41. The van der Waals surface area contributed by atoms with Crippen molar-refractivity contribution in [2.75, 3.05) is 31.1 Å². The van der Waals surface area contributed by atoms with E-state index in [0.717, 1.165) is 58.4 Å². The molecule has 3 aromatic rings. The van der Waals surface area contributed by atoms with Crippen LogP contribution in [0, 0.1) is 23.7 Å². The van der Waals surface area contributed by atoms with Gasteiger partial charge in [-0.1, -0.05) is 18.2 Å². The minimum Gasteiger partial charge on any atom is -0.370 e. The van der Waals surface area contributed by atoms with Gasteiger partial charge in [0.05, 0.1) is 29.6 Å². The zero-order valence-corrected chi connectivity index (χ0v) is 23.0. The molecule has 0 N–H and O–H groups in total. The monoisotopic (exact) mass is 530 g/mol. The van der Waals surface area contributed by atoms with Crippen LogP contribution in [-0.4, -0.2) is 57.4 Å². The lowest BCUT2D eigenvalue weighted by molar-refractivity contribution is -0.136. The van der Waals surface area contributed by atoms with E-state index < -0.39 is 0 Å². The highest BCUT2D eigenvalue weighted by molar-refractivity contribution is 6.33. The average Bonchev–Trinajstić information content (AvgIpc) is 3.46. The number of ether oxygens (including phenoxy) is 1. The van der Waals surface area contributed by atoms with E-state index >= 15 is 0 Å². The number of aromatic nitrogens is 3. The van der Waals surface area contributed by atoms with Crippen molar-refractivity contribution in [3.05, 3.63) is 52.3 Å². The van der Waals surface area contributed by atoms with Crippen molar-refractivity contribution in [3.8, 4) is 17.2 Å². The van der Waals surface area contributed by atoms with Crippen LogP contribution in [0.2, 0.25) is 5.02 Å². The number of likely N-dealkylation sites (tertiary alicyclic amines) is 1. The molecule has 0 bridgehead atoms. The molecule has 0 radical (unpaired) electrons. The molecule has 0 saturated carbocycles. The fourth-order valence-electron chi connectivity index (χ4n) is 6.43. The van der Waals surface area contributed by atoms with Gasteiger partial charge in [0.25, 0.3) is 0 Å². The molecule has 6 rings (SSSR count). The van der Waals surface area contributed by atoms with Gasteiger partial charge in [-0.15, -0.1) is 0 Å². The molecule has 5 heterocycles. The molecule has 2 fully saturated rings. The highest BCUT2D eigenvalue weighted by Gasteiger charge is 2.49. The largest absolute Gasteiger partial charge is 0.370 e. The zero-order chi connectivity index (χ0) is 27.0. The van der Waals surface area contributed by atoms with Crippen molar-refractivity contribution >= 4 is 34.2 Å². The Morgan fingerprint density at radius 2 is 2.05 bits per heavy atom. The Bertz CT molecular complexity index is 1560. The first-order valence-corrected chi connectivity index (χ1v) is 13.3. The summed E-state index contributed by atoms with van der Waals surface area (Å²) in [6.07, 6.45) is 4.77. The number of nitrogens with zero attached hydrogens (tertiary/aromatic N) is 6. The molecule has 0 unspecified atom stereocenters. The van der Waals surface area contributed by atoms with Gasteiger partial charge in [-0.2, -0.15) is 10.4 Å². The summed E-state index contributed by atoms with van der Waals surface area (Å²) in [6, 6.07) is 4.45. The standard InChI is InChI=1S/C29H31ClN6O2/c1-6-23(37)36-15-29(16-36)7-8-35(14-29)27-19(11-31)25(20-13-38-28(3,4)10-22(20)33-27)24-17(2)21(30)9-18-12-32-34(5)26(18)24/h6,9,12H,1,7-8,10,13-16H2,2-5H3. The maximum Gasteiger partial charge on any atom is 0.245 e. The van der Waals surface area contributed by atoms with Crippen molar-refractivity contribution < 1.29 is 9.53 Å². The predicted octanol–water partition coefficient (Wildman–Crippen LogP) is 4.54. The number of pyridine rings is 1. The third-order valence-corrected chi connectivity index (χ3v) is 8.82. The quantitative estimate of drug-likeness (QED) is 0.462. The van der Waals surface area contributed by atoms with Crippen LogP contribution in [0.15, 0.2) is 24.9 Å². The third kappa shape index (κ3) is 3.71. The number of fused-ring (bicyclic) bond motifs is 2. The summed E-state index contributed by atoms with van der Waals surface area (Å²) >= 11 is 6.74. The van der Waals surface area contributed by atoms with Crippen LogP contribution < -0.4 is 4.90 Å². The second-order valence-corrected chi connectivity index (χ2v) is 12.0. The van der Waals surface area contributed by atoms with Gasteiger partial charge in [-0.05, 0) is 44.9 Å². The number of hydrogen-bond donors (Lipinski definition) is 0. The van der Waals surface area contributed by atoms with Crippen LogP contribution in [0.25, 0.3) is 22.0 Å². The minimum atomic E-state index is -0.361. The smallest absolute Gasteiger partial charge is 0.245 e. The fourth-order valence-corrected chi connectivity index (χ4v) is 6.64. The summed E-state index contributed by atoms with van der Waals surface area (Å²) in [6.45, 7) is 13.1. The number of amides is 1. The van der Waals surface area contributed by atoms with Crippen molar-refractivity contribution in [1.29, 1.82) is 5.26 Å². The number of hydrogen-bond acceptors (Lipinski definition) is 6. The van der Waals surface area contributed by atoms with Gasteiger partial charge in [-0.3, -0.25) is 9.48 Å². The number of aryl methyl sites for hydroxylation is 1. The summed E-state index contributed by atoms with van der Waals surface area (Å²) in [4.78, 5) is 21.3. The highest BCUT2D eigenvalue weighted by Crippen LogP contribution is 2.47. The molecular weight excluding hydrogens is 500 g/mol. The molecule has 0 atom stereocenters. The number of benzene rings is 1. The van der Waals surface area contributed by atoms with Crippen LogP contribution in [0.4, 0.5) is 5.82 Å². The maximum atomic E-state index is 12.1. The molecule has 2 aromatic heterocycles. The summed E-state index contributed by atoms with van der Waals surface area (Å²) in [5.41, 5.74) is 5.68. The third-order valence-electron chi connectivity index (χ3n) is 8.42. The Morgan fingerprint density at radius 3 is 2.76 bits per heavy atom. The SMILES string of the molecule is C=CC(=O)N1CC2(CCN(c3nc4c(c(-c5c(C)c(Cl)cc6cnn(C)c56)c3C#N)COC(C)(C)C4)C2)C1. The molecule has 1 amide bonds. The molecule has 3 aliphatic rings. The molecule has 2 saturated heterocycles. The first kappa shape index (κ1) is 24.9. The van der Waals surface area contributed by atoms with Crippen molar-refractivity contribution in [2.45, 2.75) is 45.8 Å². The molecule has 3 aliphatic heterocycles. The number of nitriles is 1. The number of carbonyl (C=O) groups is 1. The Kier molecular flexibility index (Phi) is 5.60. The molecule has 9 heteroatoms. The average molecular weight is 531 g/mol. The summed E-state index contributed by atoms with van der Waals surface area (Å²) in [5, 5.41) is 16.7. The maximum absolute atomic E-state index is 12.1. The lowest BCUT2D eigenvalue weighted by atomic mass is 9.79. The lowest BCUT2D eigenvalue weighted by Crippen LogP contribution is -2.59. The van der Waals surface area contributed by atoms with Gasteiger partial charge < -0.3 is 14.5 Å². The lowest BCUT2D eigenvalue weighted by Gasteiger charge is -2.47.